The predicted molar refractivity (Wildman–Crippen MR) is 79.0 cm³/mol. The van der Waals surface area contributed by atoms with Crippen molar-refractivity contribution in [3.8, 4) is 11.6 Å². The van der Waals surface area contributed by atoms with Crippen molar-refractivity contribution in [2.45, 2.75) is 19.3 Å². The van der Waals surface area contributed by atoms with Gasteiger partial charge in [0.15, 0.2) is 5.69 Å². The summed E-state index contributed by atoms with van der Waals surface area (Å²) in [7, 11) is 0.983. The Balaban J connectivity index is 2.44. The number of hydrogen-bond acceptors (Lipinski definition) is 3. The summed E-state index contributed by atoms with van der Waals surface area (Å²) in [5, 5.41) is 4.60. The van der Waals surface area contributed by atoms with Crippen LogP contribution in [0.25, 0.3) is 0 Å². The Morgan fingerprint density at radius 3 is 2.27 bits per heavy atom. The van der Waals surface area contributed by atoms with Gasteiger partial charge in [-0.1, -0.05) is 11.6 Å². The fraction of sp³-hybridized carbons (Fsp3) is 0.286. The quantitative estimate of drug-likeness (QED) is 0.747. The van der Waals surface area contributed by atoms with E-state index in [0.717, 1.165) is 26.1 Å². The van der Waals surface area contributed by atoms with E-state index in [1.54, 1.807) is 0 Å². The minimum Gasteiger partial charge on any atom is -0.436 e. The molecule has 142 valence electrons. The number of aromatic nitrogens is 2. The zero-order valence-electron chi connectivity index (χ0n) is 13.1. The van der Waals surface area contributed by atoms with E-state index in [4.69, 9.17) is 16.3 Å². The molecule has 1 amide bonds. The van der Waals surface area contributed by atoms with Gasteiger partial charge >= 0.3 is 12.4 Å². The molecule has 12 heteroatoms. The highest BCUT2D eigenvalue weighted by molar-refractivity contribution is 6.32. The van der Waals surface area contributed by atoms with E-state index >= 15 is 0 Å². The van der Waals surface area contributed by atoms with Crippen LogP contribution in [-0.2, 0) is 24.2 Å². The van der Waals surface area contributed by atoms with Crippen LogP contribution >= 0.6 is 11.6 Å². The van der Waals surface area contributed by atoms with Crippen LogP contribution in [0.5, 0.6) is 11.6 Å². The van der Waals surface area contributed by atoms with E-state index in [0.29, 0.717) is 10.7 Å². The van der Waals surface area contributed by atoms with Gasteiger partial charge in [0, 0.05) is 20.0 Å². The summed E-state index contributed by atoms with van der Waals surface area (Å²) in [5.74, 6) is -1.71. The molecule has 0 atom stereocenters. The maximum absolute atomic E-state index is 13.0. The summed E-state index contributed by atoms with van der Waals surface area (Å²) in [5.41, 5.74) is -3.04. The molecule has 0 spiro atoms. The second kappa shape index (κ2) is 6.71. The van der Waals surface area contributed by atoms with Crippen molar-refractivity contribution in [2.75, 3.05) is 5.32 Å². The Labute approximate surface area is 147 Å². The fourth-order valence-electron chi connectivity index (χ4n) is 2.09. The molecule has 0 saturated carbocycles. The van der Waals surface area contributed by atoms with Crippen LogP contribution < -0.4 is 10.1 Å². The van der Waals surface area contributed by atoms with Gasteiger partial charge in [-0.05, 0) is 12.1 Å². The molecule has 5 nitrogen and oxygen atoms in total. The first kappa shape index (κ1) is 19.9. The molecule has 1 aromatic heterocycles. The van der Waals surface area contributed by atoms with E-state index < -0.39 is 46.1 Å². The molecule has 0 aliphatic carbocycles. The molecule has 0 aliphatic rings. The lowest BCUT2D eigenvalue weighted by atomic mass is 10.1. The van der Waals surface area contributed by atoms with E-state index in [1.807, 2.05) is 5.32 Å². The van der Waals surface area contributed by atoms with Gasteiger partial charge in [-0.25, -0.2) is 0 Å². The Morgan fingerprint density at radius 1 is 1.19 bits per heavy atom. The normalized spacial score (nSPS) is 12.2. The van der Waals surface area contributed by atoms with Crippen molar-refractivity contribution in [3.05, 3.63) is 34.5 Å². The van der Waals surface area contributed by atoms with Gasteiger partial charge in [-0.3, -0.25) is 9.48 Å². The lowest BCUT2D eigenvalue weighted by Gasteiger charge is -2.14. The highest BCUT2D eigenvalue weighted by atomic mass is 35.5. The number of hydrogen-bond donors (Lipinski definition) is 1. The van der Waals surface area contributed by atoms with Crippen LogP contribution in [-0.4, -0.2) is 15.7 Å². The third-order valence-corrected chi connectivity index (χ3v) is 3.39. The molecule has 0 aliphatic heterocycles. The first-order valence-corrected chi connectivity index (χ1v) is 7.15. The Bertz CT molecular complexity index is 844. The summed E-state index contributed by atoms with van der Waals surface area (Å²) in [4.78, 5) is 11.1. The number of benzene rings is 1. The van der Waals surface area contributed by atoms with Gasteiger partial charge in [0.25, 0.3) is 5.88 Å². The van der Waals surface area contributed by atoms with E-state index in [9.17, 15) is 31.1 Å². The van der Waals surface area contributed by atoms with Crippen molar-refractivity contribution in [1.82, 2.24) is 9.78 Å². The largest absolute Gasteiger partial charge is 0.436 e. The zero-order valence-corrected chi connectivity index (χ0v) is 13.8. The molecule has 0 bridgehead atoms. The number of anilines is 1. The van der Waals surface area contributed by atoms with Crippen molar-refractivity contribution in [3.63, 3.8) is 0 Å². The minimum absolute atomic E-state index is 0.296. The predicted octanol–water partition coefficient (Wildman–Crippen LogP) is 4.86. The van der Waals surface area contributed by atoms with Gasteiger partial charge < -0.3 is 10.1 Å². The first-order chi connectivity index (χ1) is 11.8. The van der Waals surface area contributed by atoms with Crippen LogP contribution in [0.3, 0.4) is 0 Å². The average Bonchev–Trinajstić information content (AvgIpc) is 2.71. The van der Waals surface area contributed by atoms with E-state index in [1.165, 1.54) is 0 Å². The van der Waals surface area contributed by atoms with E-state index in [-0.39, 0.29) is 5.75 Å². The molecule has 26 heavy (non-hydrogen) atoms. The summed E-state index contributed by atoms with van der Waals surface area (Å²) in [6.45, 7) is 0.999. The van der Waals surface area contributed by atoms with Gasteiger partial charge in [-0.15, -0.1) is 5.10 Å². The van der Waals surface area contributed by atoms with Gasteiger partial charge in [0.1, 0.15) is 10.8 Å². The van der Waals surface area contributed by atoms with Crippen molar-refractivity contribution >= 4 is 23.2 Å². The van der Waals surface area contributed by atoms with Gasteiger partial charge in [-0.2, -0.15) is 26.3 Å². The zero-order chi connectivity index (χ0) is 19.9. The standard InChI is InChI=1S/C14H10ClF6N3O2/c1-6(25)22-9-5-7(3-4-8(9)13(16,17)18)26-12-10(15)11(14(19,20)21)24(2)23-12/h3-5H,1-2H3,(H,22,25). The minimum atomic E-state index is -4.80. The molecule has 1 heterocycles. The van der Waals surface area contributed by atoms with E-state index in [2.05, 4.69) is 5.10 Å². The third kappa shape index (κ3) is 4.21. The topological polar surface area (TPSA) is 56.1 Å². The number of carbonyl (C=O) groups is 1. The second-order valence-corrected chi connectivity index (χ2v) is 5.46. The van der Waals surface area contributed by atoms with Crippen molar-refractivity contribution in [1.29, 1.82) is 0 Å². The van der Waals surface area contributed by atoms with Crippen molar-refractivity contribution < 1.29 is 35.9 Å². The molecule has 0 fully saturated rings. The van der Waals surface area contributed by atoms with Gasteiger partial charge in [0.05, 0.1) is 11.3 Å². The summed E-state index contributed by atoms with van der Waals surface area (Å²) >= 11 is 5.61. The number of alkyl halides is 6. The van der Waals surface area contributed by atoms with Crippen LogP contribution in [0, 0.1) is 0 Å². The highest BCUT2D eigenvalue weighted by Crippen LogP contribution is 2.42. The van der Waals surface area contributed by atoms with Crippen LogP contribution in [0.15, 0.2) is 18.2 Å². The number of amides is 1. The molecule has 0 saturated heterocycles. The lowest BCUT2D eigenvalue weighted by Crippen LogP contribution is -2.13. The van der Waals surface area contributed by atoms with Crippen LogP contribution in [0.1, 0.15) is 18.2 Å². The lowest BCUT2D eigenvalue weighted by molar-refractivity contribution is -0.143. The number of aryl methyl sites for hydroxylation is 1. The number of ether oxygens (including phenoxy) is 1. The molecule has 2 aromatic rings. The number of nitrogens with zero attached hydrogens (tertiary/aromatic N) is 2. The fourth-order valence-corrected chi connectivity index (χ4v) is 2.39. The second-order valence-electron chi connectivity index (χ2n) is 5.08. The monoisotopic (exact) mass is 401 g/mol. The molecule has 0 unspecified atom stereocenters. The Morgan fingerprint density at radius 2 is 1.81 bits per heavy atom. The SMILES string of the molecule is CC(=O)Nc1cc(Oc2nn(C)c(C(F)(F)F)c2Cl)ccc1C(F)(F)F. The first-order valence-electron chi connectivity index (χ1n) is 6.77. The third-order valence-electron chi connectivity index (χ3n) is 3.05. The number of halogens is 7. The Hall–Kier alpha value is -2.43. The highest BCUT2D eigenvalue weighted by Gasteiger charge is 2.39. The molecule has 0 radical (unpaired) electrons. The average molecular weight is 402 g/mol. The molecule has 1 aromatic carbocycles. The number of nitrogens with one attached hydrogen (secondary N) is 1. The van der Waals surface area contributed by atoms with Crippen molar-refractivity contribution in [2.24, 2.45) is 7.05 Å². The Kier molecular flexibility index (Phi) is 5.13. The van der Waals surface area contributed by atoms with Crippen LogP contribution in [0.2, 0.25) is 5.02 Å². The number of rotatable bonds is 3. The maximum atomic E-state index is 13.0. The number of carbonyl (C=O) groups excluding carboxylic acids is 1. The summed E-state index contributed by atoms with van der Waals surface area (Å²) in [6.07, 6.45) is -9.57. The summed E-state index contributed by atoms with van der Waals surface area (Å²) < 4.78 is 83.0. The molecule has 1 N–H and O–H groups in total. The molecular formula is C14H10ClF6N3O2. The maximum Gasteiger partial charge on any atom is 0.434 e. The summed E-state index contributed by atoms with van der Waals surface area (Å²) in [6, 6.07) is 2.29. The molecule has 2 rings (SSSR count). The van der Waals surface area contributed by atoms with Gasteiger partial charge in [0.2, 0.25) is 5.91 Å². The molecular weight excluding hydrogens is 392 g/mol. The van der Waals surface area contributed by atoms with Crippen LogP contribution in [0.4, 0.5) is 32.0 Å². The smallest absolute Gasteiger partial charge is 0.434 e.